The number of benzene rings is 2. The van der Waals surface area contributed by atoms with Gasteiger partial charge in [-0.15, -0.1) is 0 Å². The summed E-state index contributed by atoms with van der Waals surface area (Å²) in [5, 5.41) is 9.68. The summed E-state index contributed by atoms with van der Waals surface area (Å²) in [4.78, 5) is 14.8. The lowest BCUT2D eigenvalue weighted by Gasteiger charge is -2.32. The van der Waals surface area contributed by atoms with Gasteiger partial charge in [-0.3, -0.25) is 4.79 Å². The van der Waals surface area contributed by atoms with Crippen LogP contribution < -0.4 is 5.46 Å². The highest BCUT2D eigenvalue weighted by Gasteiger charge is 2.52. The number of carbonyl (C=O) groups is 1. The molecule has 0 atom stereocenters. The fraction of sp³-hybridized carbons (Fsp3) is 0.364. The first-order valence-electron chi connectivity index (χ1n) is 9.47. The fourth-order valence-corrected chi connectivity index (χ4v) is 3.63. The van der Waals surface area contributed by atoms with E-state index in [-0.39, 0.29) is 5.91 Å². The van der Waals surface area contributed by atoms with Gasteiger partial charge in [0, 0.05) is 24.1 Å². The molecule has 2 aliphatic heterocycles. The van der Waals surface area contributed by atoms with Crippen LogP contribution in [-0.4, -0.2) is 29.1 Å². The number of carbonyl (C=O) groups excluding carboxylic acids is 1. The number of nitrogens with zero attached hydrogens (tertiary/aromatic N) is 2. The van der Waals surface area contributed by atoms with Crippen LogP contribution in [0.1, 0.15) is 54.7 Å². The monoisotopic (exact) mass is 374 g/mol. The molecular formula is C22H23BN2O3. The van der Waals surface area contributed by atoms with Crippen LogP contribution in [0.2, 0.25) is 0 Å². The van der Waals surface area contributed by atoms with Crippen molar-refractivity contribution < 1.29 is 14.1 Å². The van der Waals surface area contributed by atoms with E-state index in [0.717, 1.165) is 11.1 Å². The van der Waals surface area contributed by atoms with Gasteiger partial charge in [-0.2, -0.15) is 5.26 Å². The highest BCUT2D eigenvalue weighted by Crippen LogP contribution is 2.37. The Balaban J connectivity index is 1.66. The molecule has 2 aromatic carbocycles. The van der Waals surface area contributed by atoms with Gasteiger partial charge < -0.3 is 14.2 Å². The highest BCUT2D eigenvalue weighted by molar-refractivity contribution is 6.63. The molecule has 0 aliphatic carbocycles. The van der Waals surface area contributed by atoms with E-state index in [9.17, 15) is 10.1 Å². The van der Waals surface area contributed by atoms with Crippen molar-refractivity contribution in [3.8, 4) is 6.07 Å². The molecule has 2 aromatic rings. The molecule has 0 aromatic heterocycles. The van der Waals surface area contributed by atoms with Crippen LogP contribution in [-0.2, 0) is 22.4 Å². The van der Waals surface area contributed by atoms with Gasteiger partial charge in [0.25, 0.3) is 5.91 Å². The number of hydrogen-bond donors (Lipinski definition) is 0. The van der Waals surface area contributed by atoms with E-state index >= 15 is 0 Å². The highest BCUT2D eigenvalue weighted by atomic mass is 16.7. The van der Waals surface area contributed by atoms with Crippen LogP contribution in [0.4, 0.5) is 0 Å². The molecule has 4 rings (SSSR count). The maximum atomic E-state index is 13.0. The van der Waals surface area contributed by atoms with Gasteiger partial charge in [0.05, 0.1) is 22.8 Å². The average Bonchev–Trinajstić information content (AvgIpc) is 3.06. The molecule has 0 spiro atoms. The zero-order valence-electron chi connectivity index (χ0n) is 16.7. The third-order valence-electron chi connectivity index (χ3n) is 6.00. The average molecular weight is 374 g/mol. The third-order valence-corrected chi connectivity index (χ3v) is 6.00. The topological polar surface area (TPSA) is 62.6 Å². The molecule has 6 heteroatoms. The maximum Gasteiger partial charge on any atom is 0.496 e. The smallest absolute Gasteiger partial charge is 0.399 e. The van der Waals surface area contributed by atoms with Crippen LogP contribution in [0, 0.1) is 11.3 Å². The zero-order chi connectivity index (χ0) is 20.1. The number of amides is 1. The molecule has 2 heterocycles. The lowest BCUT2D eigenvalue weighted by Crippen LogP contribution is -2.41. The van der Waals surface area contributed by atoms with Gasteiger partial charge >= 0.3 is 7.12 Å². The Bertz CT molecular complexity index is 963. The van der Waals surface area contributed by atoms with Crippen LogP contribution in [0.15, 0.2) is 42.5 Å². The Morgan fingerprint density at radius 1 is 1.11 bits per heavy atom. The summed E-state index contributed by atoms with van der Waals surface area (Å²) in [7, 11) is -0.666. The minimum atomic E-state index is -0.666. The number of rotatable bonds is 3. The maximum absolute atomic E-state index is 13.0. The Morgan fingerprint density at radius 2 is 1.75 bits per heavy atom. The standard InChI is InChI=1S/C22H23BN2O3/c1-21(2)22(3,4)28-23(27-21)19-11-18-17(10-16(19)12-24)14-25(20(18)26)13-15-8-6-5-7-9-15/h5-11H,13-14H2,1-4H3. The van der Waals surface area contributed by atoms with Gasteiger partial charge in [-0.1, -0.05) is 30.3 Å². The fourth-order valence-electron chi connectivity index (χ4n) is 3.63. The third kappa shape index (κ3) is 3.01. The Labute approximate surface area is 166 Å². The Kier molecular flexibility index (Phi) is 4.33. The van der Waals surface area contributed by atoms with Crippen LogP contribution in [0.5, 0.6) is 0 Å². The van der Waals surface area contributed by atoms with Crippen molar-refractivity contribution in [3.63, 3.8) is 0 Å². The largest absolute Gasteiger partial charge is 0.496 e. The second kappa shape index (κ2) is 6.47. The van der Waals surface area contributed by atoms with Crippen LogP contribution >= 0.6 is 0 Å². The lowest BCUT2D eigenvalue weighted by atomic mass is 9.75. The van der Waals surface area contributed by atoms with Crippen LogP contribution in [0.25, 0.3) is 0 Å². The summed E-state index contributed by atoms with van der Waals surface area (Å²) >= 11 is 0. The van der Waals surface area contributed by atoms with Crippen molar-refractivity contribution in [2.24, 2.45) is 0 Å². The van der Waals surface area contributed by atoms with Crippen molar-refractivity contribution in [2.45, 2.75) is 52.0 Å². The second-order valence-corrected chi connectivity index (χ2v) is 8.44. The van der Waals surface area contributed by atoms with Gasteiger partial charge in [-0.25, -0.2) is 0 Å². The summed E-state index contributed by atoms with van der Waals surface area (Å²) in [6.07, 6.45) is 0. The first-order valence-corrected chi connectivity index (χ1v) is 9.47. The van der Waals surface area contributed by atoms with E-state index in [1.807, 2.05) is 58.0 Å². The predicted octanol–water partition coefficient (Wildman–Crippen LogP) is 3.01. The minimum absolute atomic E-state index is 0.0267. The normalized spacial score (nSPS) is 19.6. The van der Waals surface area contributed by atoms with Gasteiger partial charge in [0.2, 0.25) is 0 Å². The molecule has 0 N–H and O–H groups in total. The zero-order valence-corrected chi connectivity index (χ0v) is 16.7. The molecule has 0 bridgehead atoms. The van der Waals surface area contributed by atoms with Crippen molar-refractivity contribution >= 4 is 18.5 Å². The Hall–Kier alpha value is -2.62. The van der Waals surface area contributed by atoms with Crippen molar-refractivity contribution in [3.05, 3.63) is 64.7 Å². The van der Waals surface area contributed by atoms with E-state index in [0.29, 0.717) is 29.7 Å². The molecule has 1 fully saturated rings. The van der Waals surface area contributed by atoms with Crippen molar-refractivity contribution in [1.29, 1.82) is 5.26 Å². The molecule has 2 aliphatic rings. The molecule has 0 saturated carbocycles. The SMILES string of the molecule is CC1(C)OB(c2cc3c(cc2C#N)CN(Cc2ccccc2)C3=O)OC1(C)C. The van der Waals surface area contributed by atoms with E-state index in [4.69, 9.17) is 9.31 Å². The molecule has 0 radical (unpaired) electrons. The summed E-state index contributed by atoms with van der Waals surface area (Å²) < 4.78 is 12.2. The molecule has 0 unspecified atom stereocenters. The Morgan fingerprint density at radius 3 is 2.36 bits per heavy atom. The minimum Gasteiger partial charge on any atom is -0.399 e. The molecule has 142 valence electrons. The first-order chi connectivity index (χ1) is 13.2. The summed E-state index contributed by atoms with van der Waals surface area (Å²) in [6, 6.07) is 15.7. The molecule has 5 nitrogen and oxygen atoms in total. The van der Waals surface area contributed by atoms with Crippen molar-refractivity contribution in [1.82, 2.24) is 4.90 Å². The van der Waals surface area contributed by atoms with E-state index in [1.165, 1.54) is 0 Å². The molecule has 1 amide bonds. The van der Waals surface area contributed by atoms with Crippen LogP contribution in [0.3, 0.4) is 0 Å². The predicted molar refractivity (Wildman–Crippen MR) is 107 cm³/mol. The number of fused-ring (bicyclic) bond motifs is 1. The van der Waals surface area contributed by atoms with E-state index in [1.54, 1.807) is 17.0 Å². The number of hydrogen-bond acceptors (Lipinski definition) is 4. The van der Waals surface area contributed by atoms with Crippen molar-refractivity contribution in [2.75, 3.05) is 0 Å². The summed E-state index contributed by atoms with van der Waals surface area (Å²) in [5.41, 5.74) is 2.67. The first kappa shape index (κ1) is 18.7. The summed E-state index contributed by atoms with van der Waals surface area (Å²) in [6.45, 7) is 8.93. The molecule has 28 heavy (non-hydrogen) atoms. The second-order valence-electron chi connectivity index (χ2n) is 8.44. The number of nitriles is 1. The molecular weight excluding hydrogens is 351 g/mol. The van der Waals surface area contributed by atoms with E-state index < -0.39 is 18.3 Å². The molecule has 1 saturated heterocycles. The van der Waals surface area contributed by atoms with E-state index in [2.05, 4.69) is 6.07 Å². The van der Waals surface area contributed by atoms with Gasteiger partial charge in [-0.05, 0) is 51.0 Å². The summed E-state index contributed by atoms with van der Waals surface area (Å²) in [5.74, 6) is -0.0267. The van der Waals surface area contributed by atoms with Gasteiger partial charge in [0.15, 0.2) is 0 Å². The quantitative estimate of drug-likeness (QED) is 0.775. The lowest BCUT2D eigenvalue weighted by molar-refractivity contribution is 0.00578. The van der Waals surface area contributed by atoms with Gasteiger partial charge in [0.1, 0.15) is 0 Å².